The molecule has 1 atom stereocenters. The van der Waals surface area contributed by atoms with E-state index in [1.807, 2.05) is 32.2 Å². The summed E-state index contributed by atoms with van der Waals surface area (Å²) in [6.45, 7) is 3.45. The monoisotopic (exact) mass is 291 g/mol. The summed E-state index contributed by atoms with van der Waals surface area (Å²) in [5.41, 5.74) is 3.26. The van der Waals surface area contributed by atoms with Gasteiger partial charge >= 0.3 is 0 Å². The van der Waals surface area contributed by atoms with Crippen LogP contribution in [-0.4, -0.2) is 16.4 Å². The number of para-hydroxylation sites is 1. The molecule has 3 rings (SSSR count). The molecule has 1 aromatic carbocycles. The second-order valence-electron chi connectivity index (χ2n) is 5.09. The lowest BCUT2D eigenvalue weighted by Gasteiger charge is -2.26. The molecule has 0 saturated heterocycles. The summed E-state index contributed by atoms with van der Waals surface area (Å²) in [6, 6.07) is 8.49. The molecule has 1 aliphatic heterocycles. The molecule has 1 N–H and O–H groups in total. The van der Waals surface area contributed by atoms with Crippen LogP contribution >= 0.6 is 11.6 Å². The summed E-state index contributed by atoms with van der Waals surface area (Å²) in [7, 11) is 1.86. The molecule has 1 unspecified atom stereocenters. The van der Waals surface area contributed by atoms with Crippen molar-refractivity contribution in [1.82, 2.24) is 15.1 Å². The quantitative estimate of drug-likeness (QED) is 0.945. The predicted octanol–water partition coefficient (Wildman–Crippen LogP) is 3.00. The van der Waals surface area contributed by atoms with E-state index in [0.29, 0.717) is 11.2 Å². The fourth-order valence-corrected chi connectivity index (χ4v) is 2.90. The number of hydrogen-bond donors (Lipinski definition) is 1. The number of hydrogen-bond acceptors (Lipinski definition) is 3. The summed E-state index contributed by atoms with van der Waals surface area (Å²) in [6.07, 6.45) is 0.966. The van der Waals surface area contributed by atoms with Gasteiger partial charge in [0, 0.05) is 37.2 Å². The lowest BCUT2D eigenvalue weighted by molar-refractivity contribution is 0.252. The third-order valence-corrected chi connectivity index (χ3v) is 4.23. The smallest absolute Gasteiger partial charge is 0.131 e. The highest BCUT2D eigenvalue weighted by atomic mass is 35.5. The number of ether oxygens (including phenoxy) is 1. The lowest BCUT2D eigenvalue weighted by atomic mass is 10.0. The Bertz CT molecular complexity index is 624. The summed E-state index contributed by atoms with van der Waals surface area (Å²) < 4.78 is 7.39. The molecule has 1 aromatic heterocycles. The van der Waals surface area contributed by atoms with Gasteiger partial charge in [0.2, 0.25) is 0 Å². The molecule has 0 aliphatic carbocycles. The van der Waals surface area contributed by atoms with E-state index in [-0.39, 0.29) is 0 Å². The molecule has 4 nitrogen and oxygen atoms in total. The summed E-state index contributed by atoms with van der Waals surface area (Å²) in [5.74, 6) is 0.977. The van der Waals surface area contributed by atoms with Crippen molar-refractivity contribution in [1.29, 1.82) is 0 Å². The first-order chi connectivity index (χ1) is 9.66. The summed E-state index contributed by atoms with van der Waals surface area (Å²) in [5, 5.41) is 8.61. The molecule has 0 bridgehead atoms. The van der Waals surface area contributed by atoms with Crippen molar-refractivity contribution in [3.63, 3.8) is 0 Å². The molecule has 2 aromatic rings. The molecule has 0 radical (unpaired) electrons. The van der Waals surface area contributed by atoms with Crippen molar-refractivity contribution < 1.29 is 4.74 Å². The highest BCUT2D eigenvalue weighted by Crippen LogP contribution is 2.32. The zero-order valence-electron chi connectivity index (χ0n) is 11.7. The van der Waals surface area contributed by atoms with Crippen molar-refractivity contribution in [2.45, 2.75) is 25.9 Å². The number of halogens is 1. The molecule has 20 heavy (non-hydrogen) atoms. The third-order valence-electron chi connectivity index (χ3n) is 3.75. The Morgan fingerprint density at radius 3 is 3.00 bits per heavy atom. The van der Waals surface area contributed by atoms with Gasteiger partial charge in [-0.15, -0.1) is 0 Å². The molecule has 2 heterocycles. The van der Waals surface area contributed by atoms with Gasteiger partial charge in [-0.1, -0.05) is 29.8 Å². The van der Waals surface area contributed by atoms with Crippen LogP contribution in [0.2, 0.25) is 5.15 Å². The number of nitrogens with zero attached hydrogens (tertiary/aromatic N) is 2. The van der Waals surface area contributed by atoms with Gasteiger partial charge in [-0.25, -0.2) is 0 Å². The molecular formula is C15H18ClN3O. The first kappa shape index (κ1) is 13.5. The maximum Gasteiger partial charge on any atom is 0.131 e. The summed E-state index contributed by atoms with van der Waals surface area (Å²) >= 11 is 6.27. The van der Waals surface area contributed by atoms with Gasteiger partial charge in [0.05, 0.1) is 12.3 Å². The molecular weight excluding hydrogens is 274 g/mol. The maximum atomic E-state index is 6.27. The van der Waals surface area contributed by atoms with Gasteiger partial charge in [-0.05, 0) is 13.0 Å². The number of fused-ring (bicyclic) bond motifs is 1. The fraction of sp³-hybridized carbons (Fsp3) is 0.400. The van der Waals surface area contributed by atoms with Crippen LogP contribution in [0.4, 0.5) is 0 Å². The number of benzene rings is 1. The van der Waals surface area contributed by atoms with E-state index in [9.17, 15) is 0 Å². The normalized spacial score (nSPS) is 17.6. The van der Waals surface area contributed by atoms with E-state index >= 15 is 0 Å². The van der Waals surface area contributed by atoms with Crippen LogP contribution in [0.15, 0.2) is 24.3 Å². The molecule has 0 spiro atoms. The van der Waals surface area contributed by atoms with Crippen LogP contribution in [-0.2, 0) is 13.6 Å². The topological polar surface area (TPSA) is 39.1 Å². The van der Waals surface area contributed by atoms with Crippen LogP contribution in [0.3, 0.4) is 0 Å². The number of aromatic nitrogens is 2. The van der Waals surface area contributed by atoms with Crippen molar-refractivity contribution >= 4 is 11.6 Å². The molecule has 1 aliphatic rings. The predicted molar refractivity (Wildman–Crippen MR) is 79.1 cm³/mol. The summed E-state index contributed by atoms with van der Waals surface area (Å²) in [4.78, 5) is 0. The zero-order valence-corrected chi connectivity index (χ0v) is 12.4. The molecule has 5 heteroatoms. The highest BCUT2D eigenvalue weighted by molar-refractivity contribution is 6.30. The lowest BCUT2D eigenvalue weighted by Crippen LogP contribution is -2.26. The van der Waals surface area contributed by atoms with Gasteiger partial charge in [0.15, 0.2) is 0 Å². The van der Waals surface area contributed by atoms with E-state index in [2.05, 4.69) is 16.5 Å². The van der Waals surface area contributed by atoms with Gasteiger partial charge in [-0.3, -0.25) is 4.68 Å². The largest absolute Gasteiger partial charge is 0.493 e. The Balaban J connectivity index is 1.77. The zero-order chi connectivity index (χ0) is 14.1. The van der Waals surface area contributed by atoms with Crippen molar-refractivity contribution in [2.24, 2.45) is 7.05 Å². The Hall–Kier alpha value is -1.52. The second kappa shape index (κ2) is 5.46. The van der Waals surface area contributed by atoms with Crippen LogP contribution < -0.4 is 10.1 Å². The Morgan fingerprint density at radius 1 is 1.45 bits per heavy atom. The van der Waals surface area contributed by atoms with Crippen LogP contribution in [0.5, 0.6) is 5.75 Å². The average molecular weight is 292 g/mol. The molecule has 106 valence electrons. The van der Waals surface area contributed by atoms with E-state index in [0.717, 1.165) is 36.6 Å². The first-order valence-corrected chi connectivity index (χ1v) is 7.17. The fourth-order valence-electron chi connectivity index (χ4n) is 2.65. The van der Waals surface area contributed by atoms with Gasteiger partial charge in [0.25, 0.3) is 0 Å². The molecule has 0 saturated carbocycles. The minimum absolute atomic E-state index is 0.302. The highest BCUT2D eigenvalue weighted by Gasteiger charge is 2.21. The van der Waals surface area contributed by atoms with E-state index in [4.69, 9.17) is 16.3 Å². The van der Waals surface area contributed by atoms with Crippen molar-refractivity contribution in [2.75, 3.05) is 6.61 Å². The van der Waals surface area contributed by atoms with E-state index < -0.39 is 0 Å². The maximum absolute atomic E-state index is 6.27. The van der Waals surface area contributed by atoms with E-state index in [1.54, 1.807) is 4.68 Å². The number of nitrogens with one attached hydrogen (secondary N) is 1. The number of aryl methyl sites for hydroxylation is 2. The Morgan fingerprint density at radius 2 is 2.25 bits per heavy atom. The van der Waals surface area contributed by atoms with Crippen LogP contribution in [0.25, 0.3) is 0 Å². The standard InChI is InChI=1S/C15H18ClN3O/c1-10-12(15(16)19(2)18-10)9-17-13-7-8-20-14-6-4-3-5-11(13)14/h3-6,13,17H,7-9H2,1-2H3. The van der Waals surface area contributed by atoms with Gasteiger partial charge in [0.1, 0.15) is 10.9 Å². The average Bonchev–Trinajstić information content (AvgIpc) is 2.70. The minimum atomic E-state index is 0.302. The SMILES string of the molecule is Cc1nn(C)c(Cl)c1CNC1CCOc2ccccc21. The number of rotatable bonds is 3. The Labute approximate surface area is 123 Å². The third kappa shape index (κ3) is 2.41. The Kier molecular flexibility index (Phi) is 3.68. The van der Waals surface area contributed by atoms with Crippen molar-refractivity contribution in [3.8, 4) is 5.75 Å². The first-order valence-electron chi connectivity index (χ1n) is 6.80. The second-order valence-corrected chi connectivity index (χ2v) is 5.44. The van der Waals surface area contributed by atoms with Gasteiger partial charge < -0.3 is 10.1 Å². The van der Waals surface area contributed by atoms with Gasteiger partial charge in [-0.2, -0.15) is 5.10 Å². The van der Waals surface area contributed by atoms with E-state index in [1.165, 1.54) is 5.56 Å². The van der Waals surface area contributed by atoms with Crippen LogP contribution in [0.1, 0.15) is 29.3 Å². The van der Waals surface area contributed by atoms with Crippen LogP contribution in [0, 0.1) is 6.92 Å². The minimum Gasteiger partial charge on any atom is -0.493 e. The van der Waals surface area contributed by atoms with Crippen molar-refractivity contribution in [3.05, 3.63) is 46.2 Å². The molecule has 0 amide bonds. The molecule has 0 fully saturated rings.